The minimum absolute atomic E-state index is 0.343. The van der Waals surface area contributed by atoms with E-state index in [1.54, 1.807) is 6.26 Å². The molecule has 1 aliphatic carbocycles. The van der Waals surface area contributed by atoms with Gasteiger partial charge in [-0.05, 0) is 37.2 Å². The zero-order valence-electron chi connectivity index (χ0n) is 7.66. The van der Waals surface area contributed by atoms with Crippen molar-refractivity contribution in [1.29, 1.82) is 0 Å². The molecule has 0 amide bonds. The highest BCUT2D eigenvalue weighted by molar-refractivity contribution is 5.09. The van der Waals surface area contributed by atoms with Crippen LogP contribution < -0.4 is 0 Å². The molecule has 0 saturated heterocycles. The summed E-state index contributed by atoms with van der Waals surface area (Å²) >= 11 is 0. The van der Waals surface area contributed by atoms with Crippen LogP contribution in [0.4, 0.5) is 0 Å². The van der Waals surface area contributed by atoms with Crippen LogP contribution in [0.3, 0.4) is 0 Å². The zero-order chi connectivity index (χ0) is 8.72. The van der Waals surface area contributed by atoms with Gasteiger partial charge in [-0.15, -0.1) is 0 Å². The third-order valence-corrected chi connectivity index (χ3v) is 3.36. The van der Waals surface area contributed by atoms with Gasteiger partial charge in [-0.2, -0.15) is 0 Å². The van der Waals surface area contributed by atoms with Gasteiger partial charge in [0.25, 0.3) is 0 Å². The van der Waals surface area contributed by atoms with Crippen LogP contribution in [0, 0.1) is 17.8 Å². The lowest BCUT2D eigenvalue weighted by molar-refractivity contribution is -0.121. The first-order valence-corrected chi connectivity index (χ1v) is 4.70. The van der Waals surface area contributed by atoms with Crippen LogP contribution >= 0.6 is 0 Å². The Morgan fingerprint density at radius 1 is 1.50 bits per heavy atom. The molecular formula is C10H16O2. The standard InChI is InChI=1S/C10H16O2/c1-6-3-4-8-7(2)5-12-10(11)9(6)8/h5-6,8-11H,3-4H2,1-2H3/t6-,8+,9-,10+/m0/s1. The molecule has 68 valence electrons. The summed E-state index contributed by atoms with van der Waals surface area (Å²) in [4.78, 5) is 0. The minimum Gasteiger partial charge on any atom is -0.472 e. The fourth-order valence-electron chi connectivity index (χ4n) is 2.59. The molecule has 1 N–H and O–H groups in total. The van der Waals surface area contributed by atoms with Gasteiger partial charge in [0, 0.05) is 5.92 Å². The van der Waals surface area contributed by atoms with Crippen LogP contribution in [0.15, 0.2) is 11.8 Å². The highest BCUT2D eigenvalue weighted by atomic mass is 16.6. The van der Waals surface area contributed by atoms with Gasteiger partial charge in [-0.3, -0.25) is 0 Å². The summed E-state index contributed by atoms with van der Waals surface area (Å²) < 4.78 is 5.17. The van der Waals surface area contributed by atoms with Crippen LogP contribution in [-0.2, 0) is 4.74 Å². The maximum Gasteiger partial charge on any atom is 0.200 e. The van der Waals surface area contributed by atoms with Gasteiger partial charge in [0.15, 0.2) is 6.29 Å². The van der Waals surface area contributed by atoms with Gasteiger partial charge in [0.2, 0.25) is 0 Å². The number of rotatable bonds is 0. The van der Waals surface area contributed by atoms with Gasteiger partial charge in [0.05, 0.1) is 6.26 Å². The molecule has 0 aromatic heterocycles. The first-order chi connectivity index (χ1) is 5.70. The van der Waals surface area contributed by atoms with Crippen LogP contribution in [0.5, 0.6) is 0 Å². The molecule has 2 aliphatic rings. The first kappa shape index (κ1) is 8.11. The number of hydrogen-bond donors (Lipinski definition) is 1. The summed E-state index contributed by atoms with van der Waals surface area (Å²) in [7, 11) is 0. The largest absolute Gasteiger partial charge is 0.472 e. The Balaban J connectivity index is 2.23. The van der Waals surface area contributed by atoms with Crippen molar-refractivity contribution in [3.63, 3.8) is 0 Å². The SMILES string of the molecule is CC1=CO[C@@H](O)[C@@H]2[C@@H]1CC[C@@H]2C. The van der Waals surface area contributed by atoms with Crippen molar-refractivity contribution < 1.29 is 9.84 Å². The predicted octanol–water partition coefficient (Wildman–Crippen LogP) is 1.90. The smallest absolute Gasteiger partial charge is 0.200 e. The quantitative estimate of drug-likeness (QED) is 0.598. The molecule has 0 spiro atoms. The molecule has 12 heavy (non-hydrogen) atoms. The lowest BCUT2D eigenvalue weighted by Crippen LogP contribution is -2.32. The summed E-state index contributed by atoms with van der Waals surface area (Å²) in [6.07, 6.45) is 3.61. The van der Waals surface area contributed by atoms with Crippen LogP contribution in [-0.4, -0.2) is 11.4 Å². The van der Waals surface area contributed by atoms with E-state index in [4.69, 9.17) is 4.74 Å². The highest BCUT2D eigenvalue weighted by Crippen LogP contribution is 2.45. The molecule has 2 rings (SSSR count). The van der Waals surface area contributed by atoms with Crippen LogP contribution in [0.1, 0.15) is 26.7 Å². The summed E-state index contributed by atoms with van der Waals surface area (Å²) in [6, 6.07) is 0. The fraction of sp³-hybridized carbons (Fsp3) is 0.800. The molecule has 4 atom stereocenters. The Morgan fingerprint density at radius 2 is 2.25 bits per heavy atom. The van der Waals surface area contributed by atoms with Crippen LogP contribution in [0.25, 0.3) is 0 Å². The maximum atomic E-state index is 9.60. The highest BCUT2D eigenvalue weighted by Gasteiger charge is 2.42. The lowest BCUT2D eigenvalue weighted by atomic mass is 9.84. The monoisotopic (exact) mass is 168 g/mol. The molecule has 0 bridgehead atoms. The molecule has 1 aliphatic heterocycles. The van der Waals surface area contributed by atoms with Crippen molar-refractivity contribution in [2.75, 3.05) is 0 Å². The topological polar surface area (TPSA) is 29.5 Å². The minimum atomic E-state index is -0.559. The molecule has 0 aromatic rings. The molecule has 0 unspecified atom stereocenters. The lowest BCUT2D eigenvalue weighted by Gasteiger charge is -2.31. The van der Waals surface area contributed by atoms with Gasteiger partial charge in [-0.1, -0.05) is 6.92 Å². The van der Waals surface area contributed by atoms with Gasteiger partial charge in [0.1, 0.15) is 0 Å². The predicted molar refractivity (Wildman–Crippen MR) is 46.2 cm³/mol. The number of aliphatic hydroxyl groups excluding tert-OH is 1. The number of aliphatic hydroxyl groups is 1. The average Bonchev–Trinajstić information content (AvgIpc) is 2.42. The van der Waals surface area contributed by atoms with E-state index >= 15 is 0 Å². The maximum absolute atomic E-state index is 9.60. The van der Waals surface area contributed by atoms with E-state index in [0.29, 0.717) is 17.8 Å². The van der Waals surface area contributed by atoms with Crippen molar-refractivity contribution in [3.05, 3.63) is 11.8 Å². The second kappa shape index (κ2) is 2.77. The van der Waals surface area contributed by atoms with Crippen molar-refractivity contribution in [2.45, 2.75) is 33.0 Å². The van der Waals surface area contributed by atoms with E-state index in [1.807, 2.05) is 0 Å². The van der Waals surface area contributed by atoms with Gasteiger partial charge in [-0.25, -0.2) is 0 Å². The second-order valence-corrected chi connectivity index (χ2v) is 4.13. The number of allylic oxidation sites excluding steroid dienone is 1. The Kier molecular flexibility index (Phi) is 1.87. The van der Waals surface area contributed by atoms with Crippen molar-refractivity contribution in [2.24, 2.45) is 17.8 Å². The van der Waals surface area contributed by atoms with E-state index in [-0.39, 0.29) is 0 Å². The summed E-state index contributed by atoms with van der Waals surface area (Å²) in [5, 5.41) is 9.60. The Labute approximate surface area is 73.2 Å². The van der Waals surface area contributed by atoms with E-state index in [9.17, 15) is 5.11 Å². The summed E-state index contributed by atoms with van der Waals surface area (Å²) in [6.45, 7) is 4.30. The first-order valence-electron chi connectivity index (χ1n) is 4.70. The van der Waals surface area contributed by atoms with E-state index in [0.717, 1.165) is 0 Å². The number of fused-ring (bicyclic) bond motifs is 1. The third-order valence-electron chi connectivity index (χ3n) is 3.36. The molecule has 2 heteroatoms. The van der Waals surface area contributed by atoms with Crippen molar-refractivity contribution in [3.8, 4) is 0 Å². The van der Waals surface area contributed by atoms with E-state index in [1.165, 1.54) is 18.4 Å². The number of hydrogen-bond acceptors (Lipinski definition) is 2. The third kappa shape index (κ3) is 1.06. The molecule has 1 fully saturated rings. The van der Waals surface area contributed by atoms with E-state index in [2.05, 4.69) is 13.8 Å². The Bertz CT molecular complexity index is 210. The van der Waals surface area contributed by atoms with Crippen molar-refractivity contribution in [1.82, 2.24) is 0 Å². The molecule has 0 radical (unpaired) electrons. The van der Waals surface area contributed by atoms with E-state index < -0.39 is 6.29 Å². The molecular weight excluding hydrogens is 152 g/mol. The molecule has 1 heterocycles. The second-order valence-electron chi connectivity index (χ2n) is 4.13. The van der Waals surface area contributed by atoms with Gasteiger partial charge < -0.3 is 9.84 Å². The molecule has 1 saturated carbocycles. The summed E-state index contributed by atoms with van der Waals surface area (Å²) in [5.74, 6) is 1.52. The Hall–Kier alpha value is -0.500. The summed E-state index contributed by atoms with van der Waals surface area (Å²) in [5.41, 5.74) is 1.30. The van der Waals surface area contributed by atoms with Crippen LogP contribution in [0.2, 0.25) is 0 Å². The number of ether oxygens (including phenoxy) is 1. The average molecular weight is 168 g/mol. The fourth-order valence-corrected chi connectivity index (χ4v) is 2.59. The van der Waals surface area contributed by atoms with Gasteiger partial charge >= 0.3 is 0 Å². The van der Waals surface area contributed by atoms with Crippen molar-refractivity contribution >= 4 is 0 Å². The molecule has 0 aromatic carbocycles. The normalized spacial score (nSPS) is 46.4. The molecule has 2 nitrogen and oxygen atoms in total. The Morgan fingerprint density at radius 3 is 2.92 bits per heavy atom. The zero-order valence-corrected chi connectivity index (χ0v) is 7.66.